The van der Waals surface area contributed by atoms with Gasteiger partial charge in [-0.2, -0.15) is 0 Å². The summed E-state index contributed by atoms with van der Waals surface area (Å²) in [5.74, 6) is 1.65. The largest absolute Gasteiger partial charge is 0.490 e. The molecule has 21 heavy (non-hydrogen) atoms. The summed E-state index contributed by atoms with van der Waals surface area (Å²) in [6.07, 6.45) is 5.98. The molecular formula is C17H25NO3. The Hall–Kier alpha value is -1.71. The molecule has 1 aromatic rings. The summed E-state index contributed by atoms with van der Waals surface area (Å²) in [5, 5.41) is 3.09. The van der Waals surface area contributed by atoms with E-state index in [-0.39, 0.29) is 5.91 Å². The number of carbonyl (C=O) groups is 1. The van der Waals surface area contributed by atoms with Gasteiger partial charge in [-0.3, -0.25) is 4.79 Å². The second-order valence-electron chi connectivity index (χ2n) is 5.38. The van der Waals surface area contributed by atoms with Crippen LogP contribution < -0.4 is 14.8 Å². The van der Waals surface area contributed by atoms with Gasteiger partial charge in [0.15, 0.2) is 11.5 Å². The lowest BCUT2D eigenvalue weighted by Gasteiger charge is -2.13. The van der Waals surface area contributed by atoms with E-state index in [2.05, 4.69) is 5.32 Å². The Labute approximate surface area is 126 Å². The standard InChI is InChI=1S/C17H25NO3/c1-2-20-15-10-5-6-11-16(15)21-13-7-12-17(19)18-14-8-3-4-9-14/h5-6,10-11,14H,2-4,7-9,12-13H2,1H3,(H,18,19). The van der Waals surface area contributed by atoms with Gasteiger partial charge in [0, 0.05) is 12.5 Å². The average Bonchev–Trinajstić information content (AvgIpc) is 2.98. The first-order chi connectivity index (χ1) is 10.3. The van der Waals surface area contributed by atoms with Gasteiger partial charge in [-0.25, -0.2) is 0 Å². The fraction of sp³-hybridized carbons (Fsp3) is 0.588. The molecule has 0 radical (unpaired) electrons. The van der Waals surface area contributed by atoms with Crippen molar-refractivity contribution in [1.82, 2.24) is 5.32 Å². The summed E-state index contributed by atoms with van der Waals surface area (Å²) in [7, 11) is 0. The quantitative estimate of drug-likeness (QED) is 0.748. The zero-order chi connectivity index (χ0) is 14.9. The van der Waals surface area contributed by atoms with Gasteiger partial charge in [-0.1, -0.05) is 25.0 Å². The topological polar surface area (TPSA) is 47.6 Å². The highest BCUT2D eigenvalue weighted by Crippen LogP contribution is 2.26. The average molecular weight is 291 g/mol. The number of ether oxygens (including phenoxy) is 2. The maximum atomic E-state index is 11.8. The molecule has 0 saturated heterocycles. The number of para-hydroxylation sites is 2. The molecule has 0 aliphatic heterocycles. The smallest absolute Gasteiger partial charge is 0.220 e. The lowest BCUT2D eigenvalue weighted by atomic mass is 10.2. The monoisotopic (exact) mass is 291 g/mol. The van der Waals surface area contributed by atoms with Crippen LogP contribution in [0.2, 0.25) is 0 Å². The third-order valence-corrected chi connectivity index (χ3v) is 3.68. The van der Waals surface area contributed by atoms with Crippen molar-refractivity contribution in [3.8, 4) is 11.5 Å². The van der Waals surface area contributed by atoms with Crippen LogP contribution in [-0.2, 0) is 4.79 Å². The van der Waals surface area contributed by atoms with Crippen molar-refractivity contribution >= 4 is 5.91 Å². The Morgan fingerprint density at radius 3 is 2.52 bits per heavy atom. The molecule has 1 fully saturated rings. The van der Waals surface area contributed by atoms with E-state index < -0.39 is 0 Å². The third-order valence-electron chi connectivity index (χ3n) is 3.68. The van der Waals surface area contributed by atoms with E-state index in [1.165, 1.54) is 12.8 Å². The highest BCUT2D eigenvalue weighted by molar-refractivity contribution is 5.76. The molecule has 1 N–H and O–H groups in total. The van der Waals surface area contributed by atoms with Crippen molar-refractivity contribution in [2.24, 2.45) is 0 Å². The number of hydrogen-bond acceptors (Lipinski definition) is 3. The number of rotatable bonds is 8. The zero-order valence-corrected chi connectivity index (χ0v) is 12.8. The van der Waals surface area contributed by atoms with E-state index in [4.69, 9.17) is 9.47 Å². The normalized spacial score (nSPS) is 14.9. The third kappa shape index (κ3) is 5.29. The first-order valence-electron chi connectivity index (χ1n) is 7.93. The maximum absolute atomic E-state index is 11.8. The highest BCUT2D eigenvalue weighted by Gasteiger charge is 2.16. The summed E-state index contributed by atoms with van der Waals surface area (Å²) in [6, 6.07) is 8.03. The van der Waals surface area contributed by atoms with E-state index in [9.17, 15) is 4.79 Å². The first-order valence-corrected chi connectivity index (χ1v) is 7.93. The number of carbonyl (C=O) groups excluding carboxylic acids is 1. The summed E-state index contributed by atoms with van der Waals surface area (Å²) < 4.78 is 11.2. The fourth-order valence-corrected chi connectivity index (χ4v) is 2.63. The Morgan fingerprint density at radius 1 is 1.19 bits per heavy atom. The lowest BCUT2D eigenvalue weighted by Crippen LogP contribution is -2.32. The molecule has 116 valence electrons. The number of nitrogens with one attached hydrogen (secondary N) is 1. The van der Waals surface area contributed by atoms with Gasteiger partial charge in [0.25, 0.3) is 0 Å². The summed E-state index contributed by atoms with van der Waals surface area (Å²) in [4.78, 5) is 11.8. The van der Waals surface area contributed by atoms with Crippen molar-refractivity contribution in [3.63, 3.8) is 0 Å². The minimum absolute atomic E-state index is 0.142. The molecule has 0 bridgehead atoms. The molecule has 1 amide bonds. The van der Waals surface area contributed by atoms with Gasteiger partial charge in [0.05, 0.1) is 13.2 Å². The van der Waals surface area contributed by atoms with E-state index in [1.54, 1.807) is 0 Å². The van der Waals surface area contributed by atoms with Crippen LogP contribution in [0.1, 0.15) is 45.4 Å². The Kier molecular flexibility index (Phi) is 6.38. The van der Waals surface area contributed by atoms with Crippen molar-refractivity contribution in [3.05, 3.63) is 24.3 Å². The van der Waals surface area contributed by atoms with E-state index in [1.807, 2.05) is 31.2 Å². The van der Waals surface area contributed by atoms with Crippen LogP contribution in [-0.4, -0.2) is 25.2 Å². The Balaban J connectivity index is 1.66. The van der Waals surface area contributed by atoms with E-state index >= 15 is 0 Å². The second kappa shape index (κ2) is 8.55. The van der Waals surface area contributed by atoms with E-state index in [0.29, 0.717) is 25.7 Å². The molecule has 4 nitrogen and oxygen atoms in total. The van der Waals surface area contributed by atoms with Gasteiger partial charge in [0.2, 0.25) is 5.91 Å². The Morgan fingerprint density at radius 2 is 1.86 bits per heavy atom. The van der Waals surface area contributed by atoms with Crippen LogP contribution in [0.5, 0.6) is 11.5 Å². The molecule has 1 aliphatic rings. The summed E-state index contributed by atoms with van der Waals surface area (Å²) in [6.45, 7) is 3.09. The van der Waals surface area contributed by atoms with Crippen molar-refractivity contribution in [2.75, 3.05) is 13.2 Å². The van der Waals surface area contributed by atoms with Crippen LogP contribution >= 0.6 is 0 Å². The molecular weight excluding hydrogens is 266 g/mol. The maximum Gasteiger partial charge on any atom is 0.220 e. The molecule has 0 unspecified atom stereocenters. The van der Waals surface area contributed by atoms with Crippen LogP contribution in [0.15, 0.2) is 24.3 Å². The second-order valence-corrected chi connectivity index (χ2v) is 5.38. The van der Waals surface area contributed by atoms with Crippen molar-refractivity contribution in [2.45, 2.75) is 51.5 Å². The van der Waals surface area contributed by atoms with Crippen molar-refractivity contribution in [1.29, 1.82) is 0 Å². The molecule has 0 heterocycles. The van der Waals surface area contributed by atoms with Crippen LogP contribution in [0.4, 0.5) is 0 Å². The van der Waals surface area contributed by atoms with Crippen LogP contribution in [0.3, 0.4) is 0 Å². The highest BCUT2D eigenvalue weighted by atomic mass is 16.5. The van der Waals surface area contributed by atoms with Gasteiger partial charge < -0.3 is 14.8 Å². The number of amides is 1. The van der Waals surface area contributed by atoms with Crippen molar-refractivity contribution < 1.29 is 14.3 Å². The molecule has 0 aromatic heterocycles. The minimum Gasteiger partial charge on any atom is -0.490 e. The van der Waals surface area contributed by atoms with Crippen LogP contribution in [0.25, 0.3) is 0 Å². The fourth-order valence-electron chi connectivity index (χ4n) is 2.63. The number of benzene rings is 1. The van der Waals surface area contributed by atoms with Gasteiger partial charge >= 0.3 is 0 Å². The van der Waals surface area contributed by atoms with Gasteiger partial charge in [-0.05, 0) is 38.3 Å². The molecule has 1 aromatic carbocycles. The zero-order valence-electron chi connectivity index (χ0n) is 12.8. The molecule has 1 saturated carbocycles. The van der Waals surface area contributed by atoms with E-state index in [0.717, 1.165) is 30.8 Å². The van der Waals surface area contributed by atoms with Gasteiger partial charge in [-0.15, -0.1) is 0 Å². The molecule has 0 atom stereocenters. The minimum atomic E-state index is 0.142. The molecule has 0 spiro atoms. The first kappa shape index (κ1) is 15.7. The number of hydrogen-bond donors (Lipinski definition) is 1. The predicted molar refractivity (Wildman–Crippen MR) is 82.7 cm³/mol. The summed E-state index contributed by atoms with van der Waals surface area (Å²) in [5.41, 5.74) is 0. The predicted octanol–water partition coefficient (Wildman–Crippen LogP) is 3.30. The molecule has 2 rings (SSSR count). The Bertz CT molecular complexity index is 441. The van der Waals surface area contributed by atoms with Gasteiger partial charge in [0.1, 0.15) is 0 Å². The molecule has 4 heteroatoms. The summed E-state index contributed by atoms with van der Waals surface area (Å²) >= 11 is 0. The SMILES string of the molecule is CCOc1ccccc1OCCCC(=O)NC1CCCC1. The lowest BCUT2D eigenvalue weighted by molar-refractivity contribution is -0.122. The van der Waals surface area contributed by atoms with Crippen LogP contribution in [0, 0.1) is 0 Å². The molecule has 1 aliphatic carbocycles.